The van der Waals surface area contributed by atoms with Crippen molar-refractivity contribution in [3.8, 4) is 0 Å². The zero-order valence-corrected chi connectivity index (χ0v) is 10.3. The van der Waals surface area contributed by atoms with Gasteiger partial charge in [-0.25, -0.2) is 4.98 Å². The molecule has 0 aliphatic carbocycles. The van der Waals surface area contributed by atoms with E-state index in [-0.39, 0.29) is 0 Å². The molecular weight excluding hydrogens is 218 g/mol. The predicted octanol–water partition coefficient (Wildman–Crippen LogP) is 3.02. The van der Waals surface area contributed by atoms with Gasteiger partial charge in [-0.15, -0.1) is 11.3 Å². The Kier molecular flexibility index (Phi) is 3.51. The van der Waals surface area contributed by atoms with E-state index in [9.17, 15) is 0 Å². The largest absolute Gasteiger partial charge is 0.364 e. The van der Waals surface area contributed by atoms with Crippen LogP contribution in [0, 0.1) is 6.92 Å². The van der Waals surface area contributed by atoms with Gasteiger partial charge >= 0.3 is 0 Å². The molecule has 0 aromatic carbocycles. The first-order valence-electron chi connectivity index (χ1n) is 5.38. The second-order valence-electron chi connectivity index (χ2n) is 3.57. The lowest BCUT2D eigenvalue weighted by Gasteiger charge is -2.07. The van der Waals surface area contributed by atoms with Crippen LogP contribution in [0.5, 0.6) is 0 Å². The van der Waals surface area contributed by atoms with Gasteiger partial charge in [-0.3, -0.25) is 4.98 Å². The third-order valence-corrected chi connectivity index (χ3v) is 3.48. The zero-order chi connectivity index (χ0) is 11.4. The normalized spacial score (nSPS) is 10.4. The van der Waals surface area contributed by atoms with Crippen LogP contribution in [0.1, 0.15) is 23.1 Å². The number of hydrogen-bond donors (Lipinski definition) is 1. The second-order valence-corrected chi connectivity index (χ2v) is 4.57. The average Bonchev–Trinajstić information content (AvgIpc) is 2.75. The minimum atomic E-state index is 0.834. The van der Waals surface area contributed by atoms with Crippen LogP contribution in [-0.4, -0.2) is 9.97 Å². The van der Waals surface area contributed by atoms with Crippen molar-refractivity contribution < 1.29 is 0 Å². The molecule has 0 bridgehead atoms. The molecule has 2 rings (SSSR count). The molecule has 0 saturated heterocycles. The number of aryl methyl sites for hydroxylation is 2. The van der Waals surface area contributed by atoms with Crippen LogP contribution in [0.4, 0.5) is 5.82 Å². The topological polar surface area (TPSA) is 37.8 Å². The minimum Gasteiger partial charge on any atom is -0.364 e. The highest BCUT2D eigenvalue weighted by molar-refractivity contribution is 7.10. The predicted molar refractivity (Wildman–Crippen MR) is 67.8 cm³/mol. The van der Waals surface area contributed by atoms with Crippen molar-refractivity contribution >= 4 is 17.2 Å². The first kappa shape index (κ1) is 11.1. The SMILES string of the molecule is CCc1ccsc1CNc1nccnc1C. The van der Waals surface area contributed by atoms with E-state index in [0.29, 0.717) is 0 Å². The van der Waals surface area contributed by atoms with Crippen LogP contribution in [0.3, 0.4) is 0 Å². The molecule has 2 heterocycles. The molecular formula is C12H15N3S. The van der Waals surface area contributed by atoms with Crippen molar-refractivity contribution in [3.05, 3.63) is 40.0 Å². The van der Waals surface area contributed by atoms with Gasteiger partial charge in [0, 0.05) is 17.3 Å². The highest BCUT2D eigenvalue weighted by Gasteiger charge is 2.04. The second kappa shape index (κ2) is 5.07. The Morgan fingerprint density at radius 1 is 1.31 bits per heavy atom. The summed E-state index contributed by atoms with van der Waals surface area (Å²) in [4.78, 5) is 9.85. The summed E-state index contributed by atoms with van der Waals surface area (Å²) in [6.45, 7) is 4.98. The lowest BCUT2D eigenvalue weighted by Crippen LogP contribution is -2.04. The molecule has 0 atom stereocenters. The summed E-state index contributed by atoms with van der Waals surface area (Å²) >= 11 is 1.79. The van der Waals surface area contributed by atoms with Gasteiger partial charge in [-0.05, 0) is 30.4 Å². The number of anilines is 1. The Morgan fingerprint density at radius 3 is 2.88 bits per heavy atom. The Labute approximate surface area is 99.6 Å². The van der Waals surface area contributed by atoms with Crippen LogP contribution in [0.15, 0.2) is 23.8 Å². The first-order valence-corrected chi connectivity index (χ1v) is 6.26. The van der Waals surface area contributed by atoms with Gasteiger partial charge in [-0.1, -0.05) is 6.92 Å². The molecule has 0 saturated carbocycles. The third kappa shape index (κ3) is 2.39. The molecule has 0 radical (unpaired) electrons. The summed E-state index contributed by atoms with van der Waals surface area (Å²) in [6, 6.07) is 2.19. The van der Waals surface area contributed by atoms with Gasteiger partial charge in [0.2, 0.25) is 0 Å². The molecule has 84 valence electrons. The molecule has 0 aliphatic rings. The molecule has 4 heteroatoms. The molecule has 0 unspecified atom stereocenters. The molecule has 2 aromatic heterocycles. The monoisotopic (exact) mass is 233 g/mol. The maximum absolute atomic E-state index is 4.26. The fourth-order valence-electron chi connectivity index (χ4n) is 1.58. The maximum Gasteiger partial charge on any atom is 0.147 e. The molecule has 0 spiro atoms. The van der Waals surface area contributed by atoms with Crippen molar-refractivity contribution in [1.82, 2.24) is 9.97 Å². The van der Waals surface area contributed by atoms with Crippen LogP contribution in [0.2, 0.25) is 0 Å². The van der Waals surface area contributed by atoms with Crippen molar-refractivity contribution in [3.63, 3.8) is 0 Å². The van der Waals surface area contributed by atoms with Gasteiger partial charge in [-0.2, -0.15) is 0 Å². The molecule has 0 fully saturated rings. The van der Waals surface area contributed by atoms with E-state index in [4.69, 9.17) is 0 Å². The molecule has 0 amide bonds. The number of aromatic nitrogens is 2. The third-order valence-electron chi connectivity index (χ3n) is 2.52. The Morgan fingerprint density at radius 2 is 2.12 bits per heavy atom. The molecule has 2 aromatic rings. The summed E-state index contributed by atoms with van der Waals surface area (Å²) in [6.07, 6.45) is 4.51. The summed E-state index contributed by atoms with van der Waals surface area (Å²) in [5.41, 5.74) is 2.36. The maximum atomic E-state index is 4.26. The Balaban J connectivity index is 2.05. The van der Waals surface area contributed by atoms with E-state index in [1.54, 1.807) is 23.7 Å². The van der Waals surface area contributed by atoms with Gasteiger partial charge in [0.15, 0.2) is 0 Å². The van der Waals surface area contributed by atoms with Crippen molar-refractivity contribution in [1.29, 1.82) is 0 Å². The Bertz CT molecular complexity index is 465. The van der Waals surface area contributed by atoms with E-state index in [1.165, 1.54) is 10.4 Å². The fourth-order valence-corrected chi connectivity index (χ4v) is 2.50. The lowest BCUT2D eigenvalue weighted by molar-refractivity contribution is 1.04. The summed E-state index contributed by atoms with van der Waals surface area (Å²) in [5, 5.41) is 5.47. The van der Waals surface area contributed by atoms with Gasteiger partial charge in [0.25, 0.3) is 0 Å². The van der Waals surface area contributed by atoms with Crippen molar-refractivity contribution in [2.24, 2.45) is 0 Å². The number of thiophene rings is 1. The van der Waals surface area contributed by atoms with E-state index < -0.39 is 0 Å². The molecule has 0 aliphatic heterocycles. The average molecular weight is 233 g/mol. The fraction of sp³-hybridized carbons (Fsp3) is 0.333. The van der Waals surface area contributed by atoms with E-state index in [2.05, 4.69) is 33.7 Å². The lowest BCUT2D eigenvalue weighted by atomic mass is 10.2. The summed E-state index contributed by atoms with van der Waals surface area (Å²) in [7, 11) is 0. The number of nitrogens with one attached hydrogen (secondary N) is 1. The number of nitrogens with zero attached hydrogens (tertiary/aromatic N) is 2. The van der Waals surface area contributed by atoms with Gasteiger partial charge < -0.3 is 5.32 Å². The zero-order valence-electron chi connectivity index (χ0n) is 9.53. The highest BCUT2D eigenvalue weighted by atomic mass is 32.1. The van der Waals surface area contributed by atoms with Gasteiger partial charge in [0.05, 0.1) is 12.2 Å². The van der Waals surface area contributed by atoms with Crippen LogP contribution < -0.4 is 5.32 Å². The smallest absolute Gasteiger partial charge is 0.147 e. The Hall–Kier alpha value is -1.42. The van der Waals surface area contributed by atoms with Crippen LogP contribution >= 0.6 is 11.3 Å². The standard InChI is InChI=1S/C12H15N3S/c1-3-10-4-7-16-11(10)8-15-12-9(2)13-5-6-14-12/h4-7H,3,8H2,1-2H3,(H,14,15). The van der Waals surface area contributed by atoms with Crippen LogP contribution in [-0.2, 0) is 13.0 Å². The molecule has 16 heavy (non-hydrogen) atoms. The van der Waals surface area contributed by atoms with Crippen LogP contribution in [0.25, 0.3) is 0 Å². The first-order chi connectivity index (χ1) is 7.81. The number of hydrogen-bond acceptors (Lipinski definition) is 4. The molecule has 1 N–H and O–H groups in total. The van der Waals surface area contributed by atoms with E-state index in [0.717, 1.165) is 24.5 Å². The highest BCUT2D eigenvalue weighted by Crippen LogP contribution is 2.19. The van der Waals surface area contributed by atoms with E-state index >= 15 is 0 Å². The summed E-state index contributed by atoms with van der Waals surface area (Å²) in [5.74, 6) is 0.873. The molecule has 3 nitrogen and oxygen atoms in total. The summed E-state index contributed by atoms with van der Waals surface area (Å²) < 4.78 is 0. The van der Waals surface area contributed by atoms with Crippen molar-refractivity contribution in [2.45, 2.75) is 26.8 Å². The number of rotatable bonds is 4. The quantitative estimate of drug-likeness (QED) is 0.882. The van der Waals surface area contributed by atoms with E-state index in [1.807, 2.05) is 6.92 Å². The van der Waals surface area contributed by atoms with Crippen molar-refractivity contribution in [2.75, 3.05) is 5.32 Å². The van der Waals surface area contributed by atoms with Gasteiger partial charge in [0.1, 0.15) is 5.82 Å². The minimum absolute atomic E-state index is 0.834.